The van der Waals surface area contributed by atoms with Crippen LogP contribution in [0.25, 0.3) is 11.1 Å². The zero-order valence-corrected chi connectivity index (χ0v) is 20.0. The monoisotopic (exact) mass is 475 g/mol. The van der Waals surface area contributed by atoms with Gasteiger partial charge in [-0.2, -0.15) is 0 Å². The van der Waals surface area contributed by atoms with E-state index in [9.17, 15) is 9.59 Å². The number of amides is 2. The molecule has 0 radical (unpaired) electrons. The maximum Gasteiger partial charge on any atom is 0.411 e. The van der Waals surface area contributed by atoms with Gasteiger partial charge in [0.1, 0.15) is 11.8 Å². The Bertz CT molecular complexity index is 1110. The largest absolute Gasteiger partial charge is 0.446 e. The summed E-state index contributed by atoms with van der Waals surface area (Å²) in [7, 11) is 1.87. The highest BCUT2D eigenvalue weighted by atomic mass is 16.6. The van der Waals surface area contributed by atoms with Crippen LogP contribution < -0.4 is 16.0 Å². The molecule has 1 fully saturated rings. The fourth-order valence-electron chi connectivity index (χ4n) is 4.30. The Labute approximate surface area is 206 Å². The Morgan fingerprint density at radius 1 is 1.06 bits per heavy atom. The van der Waals surface area contributed by atoms with Crippen molar-refractivity contribution in [1.29, 1.82) is 0 Å². The van der Waals surface area contributed by atoms with E-state index in [1.165, 1.54) is 0 Å². The topological polar surface area (TPSA) is 98.5 Å². The molecule has 1 saturated heterocycles. The zero-order chi connectivity index (χ0) is 24.5. The average molecular weight is 476 g/mol. The smallest absolute Gasteiger partial charge is 0.411 e. The van der Waals surface area contributed by atoms with Gasteiger partial charge in [-0.25, -0.2) is 4.79 Å². The van der Waals surface area contributed by atoms with E-state index in [-0.39, 0.29) is 12.0 Å². The number of rotatable bonds is 9. The summed E-state index contributed by atoms with van der Waals surface area (Å²) in [6.07, 6.45) is 2.83. The van der Waals surface area contributed by atoms with Crippen LogP contribution >= 0.6 is 0 Å². The van der Waals surface area contributed by atoms with Crippen molar-refractivity contribution in [2.24, 2.45) is 0 Å². The number of aromatic amines is 1. The van der Waals surface area contributed by atoms with Gasteiger partial charge in [0, 0.05) is 44.5 Å². The van der Waals surface area contributed by atoms with Crippen LogP contribution in [-0.2, 0) is 11.3 Å². The van der Waals surface area contributed by atoms with Crippen molar-refractivity contribution in [2.45, 2.75) is 25.5 Å². The third-order valence-electron chi connectivity index (χ3n) is 6.14. The van der Waals surface area contributed by atoms with E-state index in [4.69, 9.17) is 4.74 Å². The fraction of sp³-hybridized carbons (Fsp3) is 0.333. The summed E-state index contributed by atoms with van der Waals surface area (Å²) in [4.78, 5) is 30.2. The van der Waals surface area contributed by atoms with Gasteiger partial charge >= 0.3 is 6.09 Å². The summed E-state index contributed by atoms with van der Waals surface area (Å²) >= 11 is 0. The SMILES string of the molecule is CNCc1c[nH]c(C(=O)NCCN2CCC(OC(=O)Nc3ccccc3-c3ccccc3)CC2)c1. The first-order chi connectivity index (χ1) is 17.1. The summed E-state index contributed by atoms with van der Waals surface area (Å²) in [5, 5.41) is 8.94. The van der Waals surface area contributed by atoms with Crippen LogP contribution in [0.2, 0.25) is 0 Å². The number of likely N-dealkylation sites (tertiary alicyclic amines) is 1. The molecule has 4 rings (SSSR count). The summed E-state index contributed by atoms with van der Waals surface area (Å²) in [5.74, 6) is -0.0990. The van der Waals surface area contributed by atoms with E-state index in [0.717, 1.165) is 61.4 Å². The van der Waals surface area contributed by atoms with Crippen LogP contribution in [0, 0.1) is 0 Å². The maximum absolute atomic E-state index is 12.6. The number of aromatic nitrogens is 1. The average Bonchev–Trinajstić information content (AvgIpc) is 3.35. The van der Waals surface area contributed by atoms with E-state index in [1.807, 2.05) is 73.9 Å². The van der Waals surface area contributed by atoms with Crippen molar-refractivity contribution in [3.8, 4) is 11.1 Å². The molecule has 8 nitrogen and oxygen atoms in total. The van der Waals surface area contributed by atoms with Gasteiger partial charge in [0.2, 0.25) is 0 Å². The second-order valence-corrected chi connectivity index (χ2v) is 8.69. The predicted octanol–water partition coefficient (Wildman–Crippen LogP) is 3.84. The summed E-state index contributed by atoms with van der Waals surface area (Å²) in [6.45, 7) is 3.70. The Morgan fingerprint density at radius 2 is 1.80 bits per heavy atom. The van der Waals surface area contributed by atoms with Gasteiger partial charge in [-0.1, -0.05) is 48.5 Å². The molecule has 0 bridgehead atoms. The number of hydrogen-bond donors (Lipinski definition) is 4. The van der Waals surface area contributed by atoms with Crippen LogP contribution in [0.4, 0.5) is 10.5 Å². The number of benzene rings is 2. The number of carbonyl (C=O) groups is 2. The summed E-state index contributed by atoms with van der Waals surface area (Å²) in [5.41, 5.74) is 4.35. The lowest BCUT2D eigenvalue weighted by Gasteiger charge is -2.31. The number of para-hydroxylation sites is 1. The minimum absolute atomic E-state index is 0.0990. The van der Waals surface area contributed by atoms with Crippen LogP contribution in [0.1, 0.15) is 28.9 Å². The second kappa shape index (κ2) is 12.2. The number of anilines is 1. The van der Waals surface area contributed by atoms with E-state index in [2.05, 4.69) is 25.8 Å². The minimum Gasteiger partial charge on any atom is -0.446 e. The van der Waals surface area contributed by atoms with Gasteiger partial charge in [-0.05, 0) is 43.1 Å². The lowest BCUT2D eigenvalue weighted by Crippen LogP contribution is -2.42. The van der Waals surface area contributed by atoms with Crippen LogP contribution in [-0.4, -0.2) is 61.2 Å². The van der Waals surface area contributed by atoms with Crippen molar-refractivity contribution in [3.63, 3.8) is 0 Å². The molecule has 2 amide bonds. The lowest BCUT2D eigenvalue weighted by atomic mass is 10.0. The molecule has 0 unspecified atom stereocenters. The molecular weight excluding hydrogens is 442 g/mol. The van der Waals surface area contributed by atoms with Crippen molar-refractivity contribution in [3.05, 3.63) is 78.1 Å². The van der Waals surface area contributed by atoms with E-state index < -0.39 is 6.09 Å². The lowest BCUT2D eigenvalue weighted by molar-refractivity contribution is 0.0587. The summed E-state index contributed by atoms with van der Waals surface area (Å²) in [6, 6.07) is 19.5. The normalized spacial score (nSPS) is 14.4. The molecule has 0 atom stereocenters. The van der Waals surface area contributed by atoms with Crippen molar-refractivity contribution in [2.75, 3.05) is 38.5 Å². The molecule has 184 valence electrons. The van der Waals surface area contributed by atoms with Gasteiger partial charge in [0.15, 0.2) is 0 Å². The van der Waals surface area contributed by atoms with Gasteiger partial charge in [-0.15, -0.1) is 0 Å². The van der Waals surface area contributed by atoms with E-state index in [1.54, 1.807) is 0 Å². The quantitative estimate of drug-likeness (QED) is 0.377. The molecule has 0 saturated carbocycles. The number of nitrogens with one attached hydrogen (secondary N) is 4. The number of piperidine rings is 1. The number of carbonyl (C=O) groups excluding carboxylic acids is 2. The Balaban J connectivity index is 1.18. The first-order valence-electron chi connectivity index (χ1n) is 12.1. The van der Waals surface area contributed by atoms with E-state index >= 15 is 0 Å². The fourth-order valence-corrected chi connectivity index (χ4v) is 4.30. The van der Waals surface area contributed by atoms with Gasteiger partial charge < -0.3 is 25.3 Å². The van der Waals surface area contributed by atoms with Crippen molar-refractivity contribution in [1.82, 2.24) is 20.5 Å². The molecule has 4 N–H and O–H groups in total. The third-order valence-corrected chi connectivity index (χ3v) is 6.14. The molecule has 8 heteroatoms. The molecule has 0 aliphatic carbocycles. The molecule has 3 aromatic rings. The number of hydrogen-bond acceptors (Lipinski definition) is 5. The molecule has 2 heterocycles. The van der Waals surface area contributed by atoms with Crippen LogP contribution in [0.3, 0.4) is 0 Å². The predicted molar refractivity (Wildman–Crippen MR) is 137 cm³/mol. The summed E-state index contributed by atoms with van der Waals surface area (Å²) < 4.78 is 5.70. The van der Waals surface area contributed by atoms with Gasteiger partial charge in [0.25, 0.3) is 5.91 Å². The zero-order valence-electron chi connectivity index (χ0n) is 20.0. The van der Waals surface area contributed by atoms with Crippen LogP contribution in [0.5, 0.6) is 0 Å². The molecule has 1 aromatic heterocycles. The number of nitrogens with zero attached hydrogens (tertiary/aromatic N) is 1. The molecule has 35 heavy (non-hydrogen) atoms. The highest BCUT2D eigenvalue weighted by Crippen LogP contribution is 2.28. The molecule has 1 aliphatic rings. The number of ether oxygens (including phenoxy) is 1. The standard InChI is InChI=1S/C27H33N5O3/c1-28-18-20-17-25(30-19-20)26(33)29-13-16-32-14-11-22(12-15-32)35-27(34)31-24-10-6-5-9-23(24)21-7-3-2-4-8-21/h2-10,17,19,22,28,30H,11-16,18H2,1H3,(H,29,33)(H,31,34). The van der Waals surface area contributed by atoms with Crippen molar-refractivity contribution >= 4 is 17.7 Å². The minimum atomic E-state index is -0.428. The third kappa shape index (κ3) is 6.94. The van der Waals surface area contributed by atoms with Crippen molar-refractivity contribution < 1.29 is 14.3 Å². The Morgan fingerprint density at radius 3 is 2.57 bits per heavy atom. The first-order valence-corrected chi connectivity index (χ1v) is 12.1. The highest BCUT2D eigenvalue weighted by molar-refractivity contribution is 5.92. The molecule has 2 aromatic carbocycles. The van der Waals surface area contributed by atoms with Gasteiger partial charge in [-0.3, -0.25) is 10.1 Å². The molecular formula is C27H33N5O3. The van der Waals surface area contributed by atoms with Gasteiger partial charge in [0.05, 0.1) is 5.69 Å². The Kier molecular flexibility index (Phi) is 8.53. The van der Waals surface area contributed by atoms with E-state index in [0.29, 0.717) is 12.2 Å². The highest BCUT2D eigenvalue weighted by Gasteiger charge is 2.22. The second-order valence-electron chi connectivity index (χ2n) is 8.69. The maximum atomic E-state index is 12.6. The number of H-pyrrole nitrogens is 1. The van der Waals surface area contributed by atoms with Crippen LogP contribution in [0.15, 0.2) is 66.9 Å². The molecule has 1 aliphatic heterocycles. The molecule has 0 spiro atoms. The first kappa shape index (κ1) is 24.5. The Hall–Kier alpha value is -3.62.